The number of hydrogen-bond donors (Lipinski definition) is 0. The van der Waals surface area contributed by atoms with Crippen molar-refractivity contribution in [1.82, 2.24) is 18.9 Å². The third-order valence-corrected chi connectivity index (χ3v) is 4.12. The predicted molar refractivity (Wildman–Crippen MR) is 86.6 cm³/mol. The fourth-order valence-corrected chi connectivity index (χ4v) is 2.91. The van der Waals surface area contributed by atoms with Crippen molar-refractivity contribution in [3.8, 4) is 5.69 Å². The van der Waals surface area contributed by atoms with Crippen LogP contribution in [0.1, 0.15) is 0 Å². The zero-order valence-electron chi connectivity index (χ0n) is 13.2. The Kier molecular flexibility index (Phi) is 2.92. The van der Waals surface area contributed by atoms with Crippen molar-refractivity contribution in [1.29, 1.82) is 0 Å². The van der Waals surface area contributed by atoms with Crippen molar-refractivity contribution in [2.24, 2.45) is 14.1 Å². The molecule has 4 rings (SSSR count). The summed E-state index contributed by atoms with van der Waals surface area (Å²) in [6.45, 7) is 0. The Balaban J connectivity index is 2.46. The minimum Gasteiger partial charge on any atom is -0.359 e. The van der Waals surface area contributed by atoms with Crippen LogP contribution in [0.5, 0.6) is 0 Å². The van der Waals surface area contributed by atoms with Gasteiger partial charge in [-0.2, -0.15) is 0 Å². The summed E-state index contributed by atoms with van der Waals surface area (Å²) in [5.74, 6) is 0. The average molecular weight is 341 g/mol. The molecular weight excluding hydrogens is 330 g/mol. The summed E-state index contributed by atoms with van der Waals surface area (Å²) < 4.78 is 7.69. The molecule has 0 amide bonds. The molecular formula is C15H11N5O5. The van der Waals surface area contributed by atoms with Crippen LogP contribution in [-0.2, 0) is 14.1 Å². The Hall–Kier alpha value is -3.69. The number of rotatable bonds is 1. The van der Waals surface area contributed by atoms with Crippen molar-refractivity contribution in [2.45, 2.75) is 0 Å². The molecule has 0 aliphatic rings. The van der Waals surface area contributed by atoms with Gasteiger partial charge in [0.15, 0.2) is 0 Å². The highest BCUT2D eigenvalue weighted by molar-refractivity contribution is 5.99. The number of aromatic nitrogens is 5. The van der Waals surface area contributed by atoms with E-state index in [1.807, 2.05) is 0 Å². The van der Waals surface area contributed by atoms with Crippen LogP contribution in [0.3, 0.4) is 0 Å². The van der Waals surface area contributed by atoms with Crippen LogP contribution >= 0.6 is 0 Å². The van der Waals surface area contributed by atoms with Crippen molar-refractivity contribution in [2.75, 3.05) is 0 Å². The van der Waals surface area contributed by atoms with Crippen LogP contribution in [-0.4, -0.2) is 18.9 Å². The van der Waals surface area contributed by atoms with Gasteiger partial charge in [-0.25, -0.2) is 4.79 Å². The molecule has 0 atom stereocenters. The zero-order valence-corrected chi connectivity index (χ0v) is 13.2. The molecule has 3 aromatic heterocycles. The maximum atomic E-state index is 12.9. The smallest absolute Gasteiger partial charge is 0.332 e. The lowest BCUT2D eigenvalue weighted by atomic mass is 10.2. The van der Waals surface area contributed by atoms with Crippen LogP contribution in [0.15, 0.2) is 49.3 Å². The van der Waals surface area contributed by atoms with E-state index < -0.39 is 22.3 Å². The first kappa shape index (κ1) is 14.9. The van der Waals surface area contributed by atoms with Crippen LogP contribution < -0.4 is 21.7 Å². The highest BCUT2D eigenvalue weighted by Gasteiger charge is 2.27. The Morgan fingerprint density at radius 3 is 2.40 bits per heavy atom. The zero-order chi connectivity index (χ0) is 17.9. The molecule has 1 aromatic carbocycles. The first-order valence-electron chi connectivity index (χ1n) is 7.23. The van der Waals surface area contributed by atoms with E-state index in [-0.39, 0.29) is 21.5 Å². The monoisotopic (exact) mass is 341 g/mol. The Morgan fingerprint density at radius 2 is 1.72 bits per heavy atom. The normalized spacial score (nSPS) is 11.4. The molecule has 0 N–H and O–H groups in total. The largest absolute Gasteiger partial charge is 0.359 e. The molecule has 126 valence electrons. The van der Waals surface area contributed by atoms with E-state index >= 15 is 0 Å². The lowest BCUT2D eigenvalue weighted by Crippen LogP contribution is -2.41. The molecule has 4 aromatic rings. The summed E-state index contributed by atoms with van der Waals surface area (Å²) in [5.41, 5.74) is -2.20. The number of benzene rings is 1. The standard InChI is InChI=1S/C15H11N5O5/c1-17-12-9(13(21)18(2)15(17)23)10-11(20(24)25-16-10)14(22)19(12)8-6-4-3-5-7-8/h3-7H,1-2H3. The fourth-order valence-electron chi connectivity index (χ4n) is 2.91. The lowest BCUT2D eigenvalue weighted by molar-refractivity contribution is -0.782. The van der Waals surface area contributed by atoms with E-state index in [0.29, 0.717) is 5.69 Å². The molecule has 3 heterocycles. The van der Waals surface area contributed by atoms with Crippen LogP contribution in [0.4, 0.5) is 0 Å². The van der Waals surface area contributed by atoms with Crippen molar-refractivity contribution < 1.29 is 9.53 Å². The number of nitrogens with zero attached hydrogens (tertiary/aromatic N) is 5. The van der Waals surface area contributed by atoms with Crippen molar-refractivity contribution in [3.63, 3.8) is 0 Å². The molecule has 0 aliphatic carbocycles. The maximum absolute atomic E-state index is 12.9. The average Bonchev–Trinajstić information content (AvgIpc) is 3.00. The second kappa shape index (κ2) is 4.90. The topological polar surface area (TPSA) is 119 Å². The number of pyridine rings is 1. The Bertz CT molecular complexity index is 1330. The minimum atomic E-state index is -0.742. The molecule has 25 heavy (non-hydrogen) atoms. The molecule has 0 radical (unpaired) electrons. The van der Waals surface area contributed by atoms with Gasteiger partial charge in [-0.15, -0.1) is 0 Å². The van der Waals surface area contributed by atoms with E-state index in [4.69, 9.17) is 0 Å². The Morgan fingerprint density at radius 1 is 1.04 bits per heavy atom. The van der Waals surface area contributed by atoms with Crippen LogP contribution in [0.25, 0.3) is 27.8 Å². The second-order valence-electron chi connectivity index (χ2n) is 5.51. The number of hydrogen-bond acceptors (Lipinski definition) is 6. The van der Waals surface area contributed by atoms with Gasteiger partial charge in [-0.05, 0) is 17.0 Å². The molecule has 0 unspecified atom stereocenters. The molecule has 0 spiro atoms. The fraction of sp³-hybridized carbons (Fsp3) is 0.133. The van der Waals surface area contributed by atoms with Gasteiger partial charge in [0.05, 0.1) is 5.69 Å². The molecule has 10 heteroatoms. The SMILES string of the molecule is Cn1c(=O)c2c3no[n+]([O-])c3c(=O)n(-c3ccccc3)c2n(C)c1=O. The summed E-state index contributed by atoms with van der Waals surface area (Å²) >= 11 is 0. The quantitative estimate of drug-likeness (QED) is 0.417. The van der Waals surface area contributed by atoms with Gasteiger partial charge in [0, 0.05) is 19.3 Å². The van der Waals surface area contributed by atoms with Gasteiger partial charge in [0.1, 0.15) is 11.0 Å². The summed E-state index contributed by atoms with van der Waals surface area (Å²) in [7, 11) is 2.74. The number of para-hydroxylation sites is 1. The summed E-state index contributed by atoms with van der Waals surface area (Å²) in [4.78, 5) is 37.9. The lowest BCUT2D eigenvalue weighted by Gasteiger charge is -2.13. The third kappa shape index (κ3) is 1.81. The van der Waals surface area contributed by atoms with Gasteiger partial charge in [0.25, 0.3) is 16.6 Å². The summed E-state index contributed by atoms with van der Waals surface area (Å²) in [6.07, 6.45) is 0. The number of fused-ring (bicyclic) bond motifs is 3. The van der Waals surface area contributed by atoms with Gasteiger partial charge in [-0.3, -0.25) is 27.9 Å². The molecule has 0 saturated carbocycles. The van der Waals surface area contributed by atoms with Crippen LogP contribution in [0.2, 0.25) is 0 Å². The highest BCUT2D eigenvalue weighted by Crippen LogP contribution is 2.18. The van der Waals surface area contributed by atoms with Gasteiger partial charge in [0.2, 0.25) is 0 Å². The Labute approximate surface area is 137 Å². The van der Waals surface area contributed by atoms with Gasteiger partial charge < -0.3 is 5.21 Å². The number of aryl methyl sites for hydroxylation is 1. The maximum Gasteiger partial charge on any atom is 0.332 e. The molecule has 0 fully saturated rings. The molecule has 0 aliphatic heterocycles. The van der Waals surface area contributed by atoms with Gasteiger partial charge >= 0.3 is 11.2 Å². The van der Waals surface area contributed by atoms with E-state index in [2.05, 4.69) is 9.79 Å². The molecule has 10 nitrogen and oxygen atoms in total. The predicted octanol–water partition coefficient (Wildman–Crippen LogP) is -0.837. The van der Waals surface area contributed by atoms with E-state index in [9.17, 15) is 19.6 Å². The third-order valence-electron chi connectivity index (χ3n) is 4.12. The minimum absolute atomic E-state index is 0.0331. The second-order valence-corrected chi connectivity index (χ2v) is 5.51. The van der Waals surface area contributed by atoms with Crippen molar-refractivity contribution in [3.05, 3.63) is 66.7 Å². The molecule has 0 bridgehead atoms. The summed E-state index contributed by atoms with van der Waals surface area (Å²) in [5, 5.41) is 15.4. The van der Waals surface area contributed by atoms with Crippen molar-refractivity contribution >= 4 is 22.1 Å². The van der Waals surface area contributed by atoms with E-state index in [0.717, 1.165) is 13.7 Å². The first-order valence-corrected chi connectivity index (χ1v) is 7.23. The molecule has 0 saturated heterocycles. The van der Waals surface area contributed by atoms with E-state index in [1.165, 1.54) is 14.1 Å². The van der Waals surface area contributed by atoms with E-state index in [1.54, 1.807) is 30.3 Å². The summed E-state index contributed by atoms with van der Waals surface area (Å²) in [6, 6.07) is 8.38. The highest BCUT2D eigenvalue weighted by atomic mass is 16.8. The van der Waals surface area contributed by atoms with Crippen LogP contribution in [0, 0.1) is 5.21 Å². The first-order chi connectivity index (χ1) is 11.9. The van der Waals surface area contributed by atoms with Gasteiger partial charge in [-0.1, -0.05) is 18.2 Å².